The second kappa shape index (κ2) is 4.56. The topological polar surface area (TPSA) is 29.1 Å². The molecule has 3 unspecified atom stereocenters. The molecule has 0 spiro atoms. The lowest BCUT2D eigenvalue weighted by molar-refractivity contribution is 0.0825. The fourth-order valence-corrected chi connectivity index (χ4v) is 4.54. The number of nitrogens with one attached hydrogen (secondary N) is 1. The number of amides is 1. The van der Waals surface area contributed by atoms with Crippen molar-refractivity contribution in [3.8, 4) is 0 Å². The van der Waals surface area contributed by atoms with Crippen molar-refractivity contribution in [3.05, 3.63) is 35.1 Å². The Balaban J connectivity index is 1.80. The largest absolute Gasteiger partial charge is 0.349 e. The molecule has 1 aromatic carbocycles. The Morgan fingerprint density at radius 1 is 1.33 bits per heavy atom. The standard InChI is InChI=1S/C18H24FNO/c1-11-9-13(19)5-6-14(11)16(21)20-15-10-12-7-8-18(15,4)17(12,2)3/h5-6,9,12,15H,7-8,10H2,1-4H3,(H,20,21). The number of benzene rings is 1. The van der Waals surface area contributed by atoms with Crippen LogP contribution in [0.25, 0.3) is 0 Å². The van der Waals surface area contributed by atoms with Gasteiger partial charge in [0.25, 0.3) is 5.91 Å². The molecule has 3 heteroatoms. The van der Waals surface area contributed by atoms with Crippen molar-refractivity contribution in [2.75, 3.05) is 0 Å². The minimum Gasteiger partial charge on any atom is -0.349 e. The number of rotatable bonds is 2. The van der Waals surface area contributed by atoms with Gasteiger partial charge >= 0.3 is 0 Å². The molecule has 2 aliphatic carbocycles. The maximum absolute atomic E-state index is 13.2. The molecule has 114 valence electrons. The Morgan fingerprint density at radius 3 is 2.57 bits per heavy atom. The third-order valence-electron chi connectivity index (χ3n) is 6.53. The van der Waals surface area contributed by atoms with Crippen LogP contribution in [0.1, 0.15) is 56.0 Å². The molecule has 2 fully saturated rings. The molecule has 0 saturated heterocycles. The molecule has 3 atom stereocenters. The highest BCUT2D eigenvalue weighted by Gasteiger charge is 2.61. The highest BCUT2D eigenvalue weighted by molar-refractivity contribution is 5.95. The molecular weight excluding hydrogens is 265 g/mol. The molecule has 0 radical (unpaired) electrons. The fraction of sp³-hybridized carbons (Fsp3) is 0.611. The van der Waals surface area contributed by atoms with Gasteiger partial charge in [-0.2, -0.15) is 0 Å². The van der Waals surface area contributed by atoms with Crippen molar-refractivity contribution in [1.29, 1.82) is 0 Å². The van der Waals surface area contributed by atoms with Crippen LogP contribution in [0.15, 0.2) is 18.2 Å². The summed E-state index contributed by atoms with van der Waals surface area (Å²) in [5, 5.41) is 3.22. The zero-order chi connectivity index (χ0) is 15.4. The molecule has 0 aromatic heterocycles. The summed E-state index contributed by atoms with van der Waals surface area (Å²) in [4.78, 5) is 12.5. The summed E-state index contributed by atoms with van der Waals surface area (Å²) >= 11 is 0. The van der Waals surface area contributed by atoms with Gasteiger partial charge in [-0.3, -0.25) is 4.79 Å². The quantitative estimate of drug-likeness (QED) is 0.873. The minimum absolute atomic E-state index is 0.0675. The summed E-state index contributed by atoms with van der Waals surface area (Å²) in [6, 6.07) is 4.58. The molecule has 2 nitrogen and oxygen atoms in total. The lowest BCUT2D eigenvalue weighted by atomic mass is 9.69. The first-order chi connectivity index (χ1) is 9.75. The van der Waals surface area contributed by atoms with Crippen LogP contribution in [0, 0.1) is 29.5 Å². The molecule has 21 heavy (non-hydrogen) atoms. The molecule has 1 N–H and O–H groups in total. The summed E-state index contributed by atoms with van der Waals surface area (Å²) < 4.78 is 13.2. The van der Waals surface area contributed by atoms with Gasteiger partial charge in [-0.25, -0.2) is 4.39 Å². The summed E-state index contributed by atoms with van der Waals surface area (Å²) in [6.45, 7) is 8.76. The van der Waals surface area contributed by atoms with E-state index in [1.807, 2.05) is 0 Å². The van der Waals surface area contributed by atoms with Crippen LogP contribution in [0.3, 0.4) is 0 Å². The maximum atomic E-state index is 13.2. The normalized spacial score (nSPS) is 33.2. The number of hydrogen-bond donors (Lipinski definition) is 1. The first kappa shape index (κ1) is 14.6. The van der Waals surface area contributed by atoms with E-state index in [0.717, 1.165) is 6.42 Å². The smallest absolute Gasteiger partial charge is 0.251 e. The van der Waals surface area contributed by atoms with Crippen LogP contribution in [0.5, 0.6) is 0 Å². The minimum atomic E-state index is -0.294. The maximum Gasteiger partial charge on any atom is 0.251 e. The lowest BCUT2D eigenvalue weighted by Crippen LogP contribution is -2.47. The first-order valence-electron chi connectivity index (χ1n) is 7.83. The predicted octanol–water partition coefficient (Wildman–Crippen LogP) is 4.08. The predicted molar refractivity (Wildman–Crippen MR) is 81.6 cm³/mol. The van der Waals surface area contributed by atoms with Crippen LogP contribution in [0.2, 0.25) is 0 Å². The average molecular weight is 289 g/mol. The van der Waals surface area contributed by atoms with E-state index in [1.54, 1.807) is 13.0 Å². The fourth-order valence-electron chi connectivity index (χ4n) is 4.54. The van der Waals surface area contributed by atoms with Crippen molar-refractivity contribution >= 4 is 5.91 Å². The molecule has 0 heterocycles. The van der Waals surface area contributed by atoms with E-state index >= 15 is 0 Å². The van der Waals surface area contributed by atoms with E-state index < -0.39 is 0 Å². The van der Waals surface area contributed by atoms with Gasteiger partial charge in [-0.15, -0.1) is 0 Å². The van der Waals surface area contributed by atoms with Crippen molar-refractivity contribution in [3.63, 3.8) is 0 Å². The van der Waals surface area contributed by atoms with Crippen LogP contribution < -0.4 is 5.32 Å². The van der Waals surface area contributed by atoms with Gasteiger partial charge in [-0.05, 0) is 66.7 Å². The number of aryl methyl sites for hydroxylation is 1. The molecule has 2 bridgehead atoms. The summed E-state index contributed by atoms with van der Waals surface area (Å²) in [5.74, 6) is 0.334. The van der Waals surface area contributed by atoms with Gasteiger partial charge in [0.05, 0.1) is 0 Å². The zero-order valence-electron chi connectivity index (χ0n) is 13.3. The van der Waals surface area contributed by atoms with E-state index in [-0.39, 0.29) is 28.6 Å². The number of fused-ring (bicyclic) bond motifs is 2. The van der Waals surface area contributed by atoms with E-state index in [1.165, 1.54) is 25.0 Å². The van der Waals surface area contributed by atoms with E-state index in [9.17, 15) is 9.18 Å². The molecule has 0 aliphatic heterocycles. The Kier molecular flexibility index (Phi) is 3.16. The monoisotopic (exact) mass is 289 g/mol. The molecule has 2 aliphatic rings. The Morgan fingerprint density at radius 2 is 2.05 bits per heavy atom. The van der Waals surface area contributed by atoms with Crippen LogP contribution >= 0.6 is 0 Å². The molecule has 3 rings (SSSR count). The average Bonchev–Trinajstić information content (AvgIpc) is 2.71. The second-order valence-electron chi connectivity index (χ2n) is 7.60. The SMILES string of the molecule is Cc1cc(F)ccc1C(=O)NC1CC2CCC1(C)C2(C)C. The molecule has 1 amide bonds. The summed E-state index contributed by atoms with van der Waals surface area (Å²) in [5.41, 5.74) is 1.73. The zero-order valence-corrected chi connectivity index (χ0v) is 13.3. The Bertz CT molecular complexity index is 595. The first-order valence-corrected chi connectivity index (χ1v) is 7.83. The lowest BCUT2D eigenvalue weighted by Gasteiger charge is -2.39. The number of hydrogen-bond acceptors (Lipinski definition) is 1. The summed E-state index contributed by atoms with van der Waals surface area (Å²) in [7, 11) is 0. The van der Waals surface area contributed by atoms with Gasteiger partial charge in [-0.1, -0.05) is 20.8 Å². The third kappa shape index (κ3) is 2.01. The Labute approximate surface area is 126 Å². The van der Waals surface area contributed by atoms with Crippen molar-refractivity contribution in [2.24, 2.45) is 16.7 Å². The van der Waals surface area contributed by atoms with Crippen molar-refractivity contribution in [2.45, 2.75) is 53.0 Å². The van der Waals surface area contributed by atoms with Gasteiger partial charge in [0.2, 0.25) is 0 Å². The molecule has 2 saturated carbocycles. The van der Waals surface area contributed by atoms with Gasteiger partial charge in [0.15, 0.2) is 0 Å². The van der Waals surface area contributed by atoms with Gasteiger partial charge in [0.1, 0.15) is 5.82 Å². The van der Waals surface area contributed by atoms with Crippen molar-refractivity contribution < 1.29 is 9.18 Å². The number of halogens is 1. The highest BCUT2D eigenvalue weighted by Crippen LogP contribution is 2.65. The molecule has 1 aromatic rings. The number of carbonyl (C=O) groups is 1. The van der Waals surface area contributed by atoms with Crippen LogP contribution in [-0.2, 0) is 0 Å². The second-order valence-corrected chi connectivity index (χ2v) is 7.60. The number of carbonyl (C=O) groups excluding carboxylic acids is 1. The van der Waals surface area contributed by atoms with Gasteiger partial charge < -0.3 is 5.32 Å². The molecular formula is C18H24FNO. The van der Waals surface area contributed by atoms with Crippen LogP contribution in [-0.4, -0.2) is 11.9 Å². The van der Waals surface area contributed by atoms with Crippen LogP contribution in [0.4, 0.5) is 4.39 Å². The van der Waals surface area contributed by atoms with Crippen molar-refractivity contribution in [1.82, 2.24) is 5.32 Å². The van der Waals surface area contributed by atoms with E-state index in [0.29, 0.717) is 17.0 Å². The highest BCUT2D eigenvalue weighted by atomic mass is 19.1. The summed E-state index contributed by atoms with van der Waals surface area (Å²) in [6.07, 6.45) is 3.51. The third-order valence-corrected chi connectivity index (χ3v) is 6.53. The Hall–Kier alpha value is -1.38. The van der Waals surface area contributed by atoms with E-state index in [4.69, 9.17) is 0 Å². The van der Waals surface area contributed by atoms with E-state index in [2.05, 4.69) is 26.1 Å². The van der Waals surface area contributed by atoms with Gasteiger partial charge in [0, 0.05) is 11.6 Å².